The molecule has 0 saturated heterocycles. The van der Waals surface area contributed by atoms with Crippen LogP contribution in [0.1, 0.15) is 32.4 Å². The molecular weight excluding hydrogens is 298 g/mol. The van der Waals surface area contributed by atoms with Crippen LogP contribution < -0.4 is 11.1 Å². The third-order valence-electron chi connectivity index (χ3n) is 4.36. The number of nitrogen functional groups attached to an aromatic ring is 1. The first kappa shape index (κ1) is 16.7. The van der Waals surface area contributed by atoms with Gasteiger partial charge in [0.1, 0.15) is 5.52 Å². The second-order valence-corrected chi connectivity index (χ2v) is 6.82. The topological polar surface area (TPSA) is 68.8 Å². The molecule has 0 fully saturated rings. The summed E-state index contributed by atoms with van der Waals surface area (Å²) < 4.78 is 2.16. The molecule has 0 saturated carbocycles. The van der Waals surface area contributed by atoms with Gasteiger partial charge in [-0.25, -0.2) is 4.98 Å². The summed E-state index contributed by atoms with van der Waals surface area (Å²) in [6, 6.07) is 8.21. The van der Waals surface area contributed by atoms with E-state index in [1.165, 1.54) is 11.1 Å². The van der Waals surface area contributed by atoms with Crippen molar-refractivity contribution in [3.05, 3.63) is 30.0 Å². The van der Waals surface area contributed by atoms with Crippen LogP contribution in [0.5, 0.6) is 0 Å². The van der Waals surface area contributed by atoms with Crippen molar-refractivity contribution in [3.63, 3.8) is 0 Å². The van der Waals surface area contributed by atoms with Crippen molar-refractivity contribution in [1.29, 1.82) is 0 Å². The normalized spacial score (nSPS) is 11.8. The molecule has 0 bridgehead atoms. The molecule has 0 spiro atoms. The zero-order valence-electron chi connectivity index (χ0n) is 14.8. The number of benzene rings is 1. The number of hydrogen-bond donors (Lipinski definition) is 2. The average molecular weight is 325 g/mol. The standard InChI is InChI=1S/C19H27N5/c1-13(2)12-16-17-14-8-4-5-9-15(14)22-19(20)18(17)23-24(16)11-7-6-10-21-3/h4-5,8-9,13,21H,6-7,10-12H2,1-3H3,(H2,20,22). The molecule has 0 radical (unpaired) electrons. The van der Waals surface area contributed by atoms with E-state index >= 15 is 0 Å². The Morgan fingerprint density at radius 1 is 1.21 bits per heavy atom. The molecule has 0 aliphatic heterocycles. The van der Waals surface area contributed by atoms with Crippen molar-refractivity contribution >= 4 is 27.6 Å². The van der Waals surface area contributed by atoms with Crippen molar-refractivity contribution in [2.24, 2.45) is 5.92 Å². The van der Waals surface area contributed by atoms with Crippen LogP contribution in [0, 0.1) is 5.92 Å². The van der Waals surface area contributed by atoms with Crippen LogP contribution in [0.4, 0.5) is 5.82 Å². The Hall–Kier alpha value is -2.14. The van der Waals surface area contributed by atoms with Gasteiger partial charge in [0.05, 0.1) is 5.52 Å². The van der Waals surface area contributed by atoms with Gasteiger partial charge in [-0.1, -0.05) is 32.0 Å². The van der Waals surface area contributed by atoms with E-state index in [2.05, 4.69) is 41.0 Å². The molecule has 0 amide bonds. The van der Waals surface area contributed by atoms with E-state index in [1.54, 1.807) is 0 Å². The number of nitrogens with one attached hydrogen (secondary N) is 1. The summed E-state index contributed by atoms with van der Waals surface area (Å²) in [5.41, 5.74) is 9.29. The van der Waals surface area contributed by atoms with E-state index in [9.17, 15) is 0 Å². The number of para-hydroxylation sites is 1. The Kier molecular flexibility index (Phi) is 5.00. The molecule has 3 rings (SSSR count). The lowest BCUT2D eigenvalue weighted by molar-refractivity contribution is 0.513. The van der Waals surface area contributed by atoms with Crippen LogP contribution >= 0.6 is 0 Å². The molecule has 24 heavy (non-hydrogen) atoms. The monoisotopic (exact) mass is 325 g/mol. The third kappa shape index (κ3) is 3.22. The van der Waals surface area contributed by atoms with Gasteiger partial charge >= 0.3 is 0 Å². The van der Waals surface area contributed by atoms with Crippen molar-refractivity contribution < 1.29 is 0 Å². The summed E-state index contributed by atoms with van der Waals surface area (Å²) in [5, 5.41) is 10.4. The number of nitrogens with two attached hydrogens (primary N) is 1. The first-order chi connectivity index (χ1) is 11.6. The number of fused-ring (bicyclic) bond motifs is 3. The molecule has 5 heteroatoms. The molecule has 2 heterocycles. The first-order valence-electron chi connectivity index (χ1n) is 8.80. The molecule has 0 unspecified atom stereocenters. The molecule has 5 nitrogen and oxygen atoms in total. The molecule has 2 aromatic heterocycles. The summed E-state index contributed by atoms with van der Waals surface area (Å²) in [6.45, 7) is 6.45. The Labute approximate surface area is 143 Å². The minimum atomic E-state index is 0.530. The van der Waals surface area contributed by atoms with E-state index in [1.807, 2.05) is 19.2 Å². The molecular formula is C19H27N5. The molecule has 0 aliphatic carbocycles. The molecule has 0 atom stereocenters. The smallest absolute Gasteiger partial charge is 0.152 e. The predicted octanol–water partition coefficient (Wildman–Crippen LogP) is 3.36. The fourth-order valence-electron chi connectivity index (χ4n) is 3.27. The highest BCUT2D eigenvalue weighted by Gasteiger charge is 2.18. The largest absolute Gasteiger partial charge is 0.382 e. The van der Waals surface area contributed by atoms with E-state index in [0.717, 1.165) is 48.8 Å². The Bertz CT molecular complexity index is 835. The van der Waals surface area contributed by atoms with Gasteiger partial charge in [-0.2, -0.15) is 5.10 Å². The van der Waals surface area contributed by atoms with Gasteiger partial charge in [0.25, 0.3) is 0 Å². The summed E-state index contributed by atoms with van der Waals surface area (Å²) in [4.78, 5) is 4.54. The van der Waals surface area contributed by atoms with Gasteiger partial charge in [-0.05, 0) is 44.8 Å². The summed E-state index contributed by atoms with van der Waals surface area (Å²) >= 11 is 0. The number of hydrogen-bond acceptors (Lipinski definition) is 4. The molecule has 1 aromatic carbocycles. The number of pyridine rings is 1. The highest BCUT2D eigenvalue weighted by atomic mass is 15.3. The lowest BCUT2D eigenvalue weighted by Crippen LogP contribution is -2.11. The van der Waals surface area contributed by atoms with Gasteiger partial charge in [0.2, 0.25) is 0 Å². The molecule has 0 aliphatic rings. The number of nitrogens with zero attached hydrogens (tertiary/aromatic N) is 3. The van der Waals surface area contributed by atoms with Crippen molar-refractivity contribution in [1.82, 2.24) is 20.1 Å². The Balaban J connectivity index is 2.13. The van der Waals surface area contributed by atoms with Gasteiger partial charge < -0.3 is 11.1 Å². The number of rotatable bonds is 7. The predicted molar refractivity (Wildman–Crippen MR) is 101 cm³/mol. The lowest BCUT2D eigenvalue weighted by atomic mass is 10.0. The van der Waals surface area contributed by atoms with Crippen LogP contribution in [0.15, 0.2) is 24.3 Å². The maximum absolute atomic E-state index is 6.21. The minimum absolute atomic E-state index is 0.530. The minimum Gasteiger partial charge on any atom is -0.382 e. The fourth-order valence-corrected chi connectivity index (χ4v) is 3.27. The van der Waals surface area contributed by atoms with Gasteiger partial charge in [-0.15, -0.1) is 0 Å². The second-order valence-electron chi connectivity index (χ2n) is 6.82. The maximum Gasteiger partial charge on any atom is 0.152 e. The van der Waals surface area contributed by atoms with E-state index in [-0.39, 0.29) is 0 Å². The van der Waals surface area contributed by atoms with Gasteiger partial charge in [0, 0.05) is 23.0 Å². The van der Waals surface area contributed by atoms with Gasteiger partial charge in [-0.3, -0.25) is 4.68 Å². The highest BCUT2D eigenvalue weighted by Crippen LogP contribution is 2.31. The van der Waals surface area contributed by atoms with Crippen LogP contribution in [0.3, 0.4) is 0 Å². The average Bonchev–Trinajstić information content (AvgIpc) is 2.91. The van der Waals surface area contributed by atoms with Crippen LogP contribution in [0.2, 0.25) is 0 Å². The zero-order chi connectivity index (χ0) is 17.1. The first-order valence-corrected chi connectivity index (χ1v) is 8.80. The van der Waals surface area contributed by atoms with Crippen molar-refractivity contribution in [3.8, 4) is 0 Å². The summed E-state index contributed by atoms with van der Waals surface area (Å²) in [6.07, 6.45) is 3.24. The van der Waals surface area contributed by atoms with Crippen LogP contribution in [-0.2, 0) is 13.0 Å². The number of aryl methyl sites for hydroxylation is 1. The highest BCUT2D eigenvalue weighted by molar-refractivity contribution is 6.09. The van der Waals surface area contributed by atoms with Crippen LogP contribution in [0.25, 0.3) is 21.8 Å². The van der Waals surface area contributed by atoms with E-state index in [0.29, 0.717) is 11.7 Å². The number of anilines is 1. The summed E-state index contributed by atoms with van der Waals surface area (Å²) in [5.74, 6) is 1.09. The molecule has 128 valence electrons. The van der Waals surface area contributed by atoms with Crippen LogP contribution in [-0.4, -0.2) is 28.4 Å². The van der Waals surface area contributed by atoms with Gasteiger partial charge in [0.15, 0.2) is 5.82 Å². The fraction of sp³-hybridized carbons (Fsp3) is 0.474. The Morgan fingerprint density at radius 2 is 2.00 bits per heavy atom. The van der Waals surface area contributed by atoms with E-state index < -0.39 is 0 Å². The Morgan fingerprint density at radius 3 is 2.75 bits per heavy atom. The summed E-state index contributed by atoms with van der Waals surface area (Å²) in [7, 11) is 1.99. The number of unbranched alkanes of at least 4 members (excludes halogenated alkanes) is 1. The van der Waals surface area contributed by atoms with E-state index in [4.69, 9.17) is 10.8 Å². The third-order valence-corrected chi connectivity index (χ3v) is 4.36. The second kappa shape index (κ2) is 7.18. The zero-order valence-corrected chi connectivity index (χ0v) is 14.8. The quantitative estimate of drug-likeness (QED) is 0.654. The molecule has 3 N–H and O–H groups in total. The number of aromatic nitrogens is 3. The SMILES string of the molecule is CNCCCCn1nc2c(N)nc3ccccc3c2c1CC(C)C. The van der Waals surface area contributed by atoms with Crippen molar-refractivity contribution in [2.75, 3.05) is 19.3 Å². The van der Waals surface area contributed by atoms with Crippen molar-refractivity contribution in [2.45, 2.75) is 39.7 Å². The lowest BCUT2D eigenvalue weighted by Gasteiger charge is -2.11. The maximum atomic E-state index is 6.21. The molecule has 3 aromatic rings.